The third-order valence-corrected chi connectivity index (χ3v) is 2.80. The first kappa shape index (κ1) is 12.5. The van der Waals surface area contributed by atoms with Crippen molar-refractivity contribution < 1.29 is 0 Å². The van der Waals surface area contributed by atoms with E-state index in [0.29, 0.717) is 13.1 Å². The lowest BCUT2D eigenvalue weighted by molar-refractivity contribution is 0.435. The number of rotatable bonds is 4. The molecule has 2 N–H and O–H groups in total. The number of nitrogens with zero attached hydrogens (tertiary/aromatic N) is 2. The summed E-state index contributed by atoms with van der Waals surface area (Å²) in [5.41, 5.74) is 5.06. The van der Waals surface area contributed by atoms with Gasteiger partial charge in [-0.05, 0) is 12.8 Å². The summed E-state index contributed by atoms with van der Waals surface area (Å²) < 4.78 is 2.69. The monoisotopic (exact) mass is 225 g/mol. The Hall–Kier alpha value is -1.52. The molecule has 1 rings (SSSR count). The predicted octanol–water partition coefficient (Wildman–Crippen LogP) is 0.658. The molecule has 1 heterocycles. The fourth-order valence-corrected chi connectivity index (χ4v) is 1.50. The summed E-state index contributed by atoms with van der Waals surface area (Å²) in [5, 5.41) is 0. The molecule has 0 aliphatic carbocycles. The van der Waals surface area contributed by atoms with Gasteiger partial charge in [0.15, 0.2) is 0 Å². The quantitative estimate of drug-likeness (QED) is 0.818. The van der Waals surface area contributed by atoms with Crippen molar-refractivity contribution in [2.75, 3.05) is 5.73 Å². The molecular weight excluding hydrogens is 206 g/mol. The highest BCUT2D eigenvalue weighted by molar-refractivity contribution is 5.30. The number of anilines is 1. The molecule has 1 atom stereocenters. The first-order chi connectivity index (χ1) is 7.51. The van der Waals surface area contributed by atoms with E-state index in [9.17, 15) is 9.59 Å². The van der Waals surface area contributed by atoms with Crippen LogP contribution in [0.2, 0.25) is 0 Å². The first-order valence-corrected chi connectivity index (χ1v) is 5.61. The second-order valence-corrected chi connectivity index (χ2v) is 4.08. The van der Waals surface area contributed by atoms with E-state index in [0.717, 1.165) is 6.42 Å². The molecule has 0 spiro atoms. The van der Waals surface area contributed by atoms with Crippen molar-refractivity contribution in [2.24, 2.45) is 5.92 Å². The Morgan fingerprint density at radius 1 is 1.38 bits per heavy atom. The fraction of sp³-hybridized carbons (Fsp3) is 0.636. The van der Waals surface area contributed by atoms with Crippen LogP contribution < -0.4 is 17.0 Å². The number of hydrogen-bond donors (Lipinski definition) is 1. The molecule has 16 heavy (non-hydrogen) atoms. The van der Waals surface area contributed by atoms with Crippen LogP contribution in [0.15, 0.2) is 15.8 Å². The van der Waals surface area contributed by atoms with Crippen molar-refractivity contribution in [3.63, 3.8) is 0 Å². The van der Waals surface area contributed by atoms with E-state index in [2.05, 4.69) is 0 Å². The zero-order valence-corrected chi connectivity index (χ0v) is 10.1. The summed E-state index contributed by atoms with van der Waals surface area (Å²) in [6.45, 7) is 6.83. The van der Waals surface area contributed by atoms with Gasteiger partial charge in [-0.2, -0.15) is 0 Å². The molecule has 90 valence electrons. The van der Waals surface area contributed by atoms with Gasteiger partial charge in [0.1, 0.15) is 5.69 Å². The Labute approximate surface area is 94.5 Å². The fourth-order valence-electron chi connectivity index (χ4n) is 1.50. The molecule has 0 fully saturated rings. The van der Waals surface area contributed by atoms with E-state index < -0.39 is 0 Å². The number of nitrogens with two attached hydrogens (primary N) is 1. The summed E-state index contributed by atoms with van der Waals surface area (Å²) in [5.74, 6) is 0.289. The highest BCUT2D eigenvalue weighted by atomic mass is 16.2. The number of nitrogen functional groups attached to an aromatic ring is 1. The minimum Gasteiger partial charge on any atom is -0.393 e. The Morgan fingerprint density at radius 2 is 2.00 bits per heavy atom. The average molecular weight is 225 g/mol. The van der Waals surface area contributed by atoms with Crippen LogP contribution in [0.25, 0.3) is 0 Å². The lowest BCUT2D eigenvalue weighted by Crippen LogP contribution is -2.41. The Balaban J connectivity index is 3.31. The highest BCUT2D eigenvalue weighted by Crippen LogP contribution is 2.02. The van der Waals surface area contributed by atoms with Crippen LogP contribution in [-0.4, -0.2) is 9.13 Å². The number of aryl methyl sites for hydroxylation is 1. The SMILES string of the molecule is CCC(C)Cn1c(=O)c(N)cn(CC)c1=O. The molecule has 1 aromatic heterocycles. The largest absolute Gasteiger partial charge is 0.393 e. The van der Waals surface area contributed by atoms with Gasteiger partial charge in [0.05, 0.1) is 0 Å². The van der Waals surface area contributed by atoms with Crippen LogP contribution in [0, 0.1) is 5.92 Å². The smallest absolute Gasteiger partial charge is 0.331 e. The molecule has 0 bridgehead atoms. The van der Waals surface area contributed by atoms with Crippen molar-refractivity contribution in [3.8, 4) is 0 Å². The van der Waals surface area contributed by atoms with Gasteiger partial charge in [-0.25, -0.2) is 4.79 Å². The van der Waals surface area contributed by atoms with Gasteiger partial charge >= 0.3 is 5.69 Å². The normalized spacial score (nSPS) is 12.7. The topological polar surface area (TPSA) is 70.0 Å². The Morgan fingerprint density at radius 3 is 2.50 bits per heavy atom. The van der Waals surface area contributed by atoms with E-state index in [1.165, 1.54) is 15.3 Å². The minimum atomic E-state index is -0.380. The molecule has 0 saturated heterocycles. The molecule has 0 radical (unpaired) electrons. The van der Waals surface area contributed by atoms with Crippen LogP contribution in [0.4, 0.5) is 5.69 Å². The summed E-state index contributed by atoms with van der Waals surface area (Å²) >= 11 is 0. The van der Waals surface area contributed by atoms with E-state index in [4.69, 9.17) is 5.73 Å². The molecule has 5 nitrogen and oxygen atoms in total. The molecule has 1 unspecified atom stereocenters. The molecule has 0 saturated carbocycles. The van der Waals surface area contributed by atoms with E-state index >= 15 is 0 Å². The second kappa shape index (κ2) is 5.01. The molecule has 0 amide bonds. The van der Waals surface area contributed by atoms with E-state index in [1.807, 2.05) is 20.8 Å². The zero-order chi connectivity index (χ0) is 12.3. The van der Waals surface area contributed by atoms with Crippen LogP contribution in [0.1, 0.15) is 27.2 Å². The highest BCUT2D eigenvalue weighted by Gasteiger charge is 2.10. The number of hydrogen-bond acceptors (Lipinski definition) is 3. The molecule has 1 aromatic rings. The van der Waals surface area contributed by atoms with Crippen molar-refractivity contribution >= 4 is 5.69 Å². The van der Waals surface area contributed by atoms with Gasteiger partial charge in [0.2, 0.25) is 0 Å². The van der Waals surface area contributed by atoms with Crippen molar-refractivity contribution in [1.82, 2.24) is 9.13 Å². The lowest BCUT2D eigenvalue weighted by Gasteiger charge is -2.13. The minimum absolute atomic E-state index is 0.129. The van der Waals surface area contributed by atoms with Gasteiger partial charge in [0.25, 0.3) is 5.56 Å². The molecule has 0 aromatic carbocycles. The van der Waals surface area contributed by atoms with Crippen molar-refractivity contribution in [1.29, 1.82) is 0 Å². The zero-order valence-electron chi connectivity index (χ0n) is 10.1. The maximum atomic E-state index is 11.9. The maximum absolute atomic E-state index is 11.9. The number of aromatic nitrogens is 2. The summed E-state index contributed by atoms with van der Waals surface area (Å²) in [7, 11) is 0. The first-order valence-electron chi connectivity index (χ1n) is 5.61. The second-order valence-electron chi connectivity index (χ2n) is 4.08. The molecule has 0 aliphatic rings. The van der Waals surface area contributed by atoms with Gasteiger partial charge in [-0.15, -0.1) is 0 Å². The Bertz CT molecular complexity index is 473. The Kier molecular flexibility index (Phi) is 3.93. The summed E-state index contributed by atoms with van der Waals surface area (Å²) in [6.07, 6.45) is 2.34. The van der Waals surface area contributed by atoms with E-state index in [-0.39, 0.29) is 22.9 Å². The van der Waals surface area contributed by atoms with Gasteiger partial charge in [-0.1, -0.05) is 20.3 Å². The van der Waals surface area contributed by atoms with Crippen molar-refractivity contribution in [2.45, 2.75) is 40.3 Å². The van der Waals surface area contributed by atoms with Crippen LogP contribution in [0.5, 0.6) is 0 Å². The maximum Gasteiger partial charge on any atom is 0.331 e. The van der Waals surface area contributed by atoms with E-state index in [1.54, 1.807) is 0 Å². The van der Waals surface area contributed by atoms with Gasteiger partial charge < -0.3 is 5.73 Å². The standard InChI is InChI=1S/C11H19N3O2/c1-4-8(3)6-14-10(15)9(12)7-13(5-2)11(14)16/h7-8H,4-6,12H2,1-3H3. The predicted molar refractivity (Wildman–Crippen MR) is 64.5 cm³/mol. The van der Waals surface area contributed by atoms with Crippen LogP contribution >= 0.6 is 0 Å². The summed E-state index contributed by atoms with van der Waals surface area (Å²) in [4.78, 5) is 23.6. The van der Waals surface area contributed by atoms with Crippen LogP contribution in [0.3, 0.4) is 0 Å². The van der Waals surface area contributed by atoms with Gasteiger partial charge in [-0.3, -0.25) is 13.9 Å². The summed E-state index contributed by atoms with van der Waals surface area (Å²) in [6, 6.07) is 0. The molecular formula is C11H19N3O2. The van der Waals surface area contributed by atoms with Gasteiger partial charge in [0, 0.05) is 19.3 Å². The lowest BCUT2D eigenvalue weighted by atomic mass is 10.1. The molecule has 5 heteroatoms. The third kappa shape index (κ3) is 2.35. The molecule has 0 aliphatic heterocycles. The average Bonchev–Trinajstić information content (AvgIpc) is 2.28. The van der Waals surface area contributed by atoms with Crippen LogP contribution in [-0.2, 0) is 13.1 Å². The van der Waals surface area contributed by atoms with Crippen molar-refractivity contribution in [3.05, 3.63) is 27.0 Å². The third-order valence-electron chi connectivity index (χ3n) is 2.80.